The number of halogens is 1. The molecule has 6 heteroatoms. The number of benzene rings is 2. The molecule has 0 atom stereocenters. The van der Waals surface area contributed by atoms with Crippen molar-refractivity contribution in [2.24, 2.45) is 0 Å². The molecule has 0 fully saturated rings. The molecule has 5 nitrogen and oxygen atoms in total. The summed E-state index contributed by atoms with van der Waals surface area (Å²) in [5, 5.41) is 19.8. The summed E-state index contributed by atoms with van der Waals surface area (Å²) in [6, 6.07) is 14.3. The van der Waals surface area contributed by atoms with Gasteiger partial charge in [-0.05, 0) is 29.8 Å². The Kier molecular flexibility index (Phi) is 4.55. The summed E-state index contributed by atoms with van der Waals surface area (Å²) in [6.07, 6.45) is 0. The Morgan fingerprint density at radius 3 is 2.52 bits per heavy atom. The predicted octanol–water partition coefficient (Wildman–Crippen LogP) is 3.87. The number of nitro benzene ring substituents is 1. The van der Waals surface area contributed by atoms with E-state index in [1.165, 1.54) is 12.1 Å². The van der Waals surface area contributed by atoms with Crippen LogP contribution in [0.15, 0.2) is 46.9 Å². The van der Waals surface area contributed by atoms with Crippen LogP contribution >= 0.6 is 15.9 Å². The molecule has 2 rings (SSSR count). The molecule has 0 radical (unpaired) electrons. The maximum absolute atomic E-state index is 10.8. The van der Waals surface area contributed by atoms with Gasteiger partial charge in [0, 0.05) is 29.8 Å². The molecule has 2 aromatic rings. The zero-order chi connectivity index (χ0) is 15.4. The summed E-state index contributed by atoms with van der Waals surface area (Å²) >= 11 is 3.38. The third-order valence-electron chi connectivity index (χ3n) is 3.07. The number of nitrogens with zero attached hydrogens (tertiary/aromatic N) is 3. The molecule has 21 heavy (non-hydrogen) atoms. The smallest absolute Gasteiger partial charge is 0.287 e. The first-order chi connectivity index (χ1) is 10.0. The first kappa shape index (κ1) is 15.0. The van der Waals surface area contributed by atoms with Crippen LogP contribution in [0, 0.1) is 21.4 Å². The van der Waals surface area contributed by atoms with Gasteiger partial charge in [0.1, 0.15) is 11.6 Å². The number of hydrogen-bond donors (Lipinski definition) is 0. The monoisotopic (exact) mass is 345 g/mol. The van der Waals surface area contributed by atoms with Gasteiger partial charge in [-0.3, -0.25) is 10.1 Å². The fourth-order valence-electron chi connectivity index (χ4n) is 1.97. The van der Waals surface area contributed by atoms with E-state index in [-0.39, 0.29) is 11.3 Å². The van der Waals surface area contributed by atoms with Gasteiger partial charge in [0.2, 0.25) is 0 Å². The molecule has 0 aliphatic heterocycles. The molecule has 0 unspecified atom stereocenters. The van der Waals surface area contributed by atoms with Crippen LogP contribution in [0.3, 0.4) is 0 Å². The normalized spacial score (nSPS) is 9.95. The molecule has 0 aliphatic rings. The minimum Gasteiger partial charge on any atom is -0.370 e. The second-order valence-electron chi connectivity index (χ2n) is 4.55. The molecule has 0 spiro atoms. The minimum absolute atomic E-state index is 0.0696. The lowest BCUT2D eigenvalue weighted by Gasteiger charge is -2.19. The highest BCUT2D eigenvalue weighted by molar-refractivity contribution is 9.10. The number of hydrogen-bond acceptors (Lipinski definition) is 4. The molecule has 0 saturated heterocycles. The molecule has 106 valence electrons. The minimum atomic E-state index is -0.545. The van der Waals surface area contributed by atoms with Crippen molar-refractivity contribution in [1.82, 2.24) is 0 Å². The third-order valence-corrected chi connectivity index (χ3v) is 3.60. The van der Waals surface area contributed by atoms with E-state index in [9.17, 15) is 10.1 Å². The van der Waals surface area contributed by atoms with Gasteiger partial charge >= 0.3 is 0 Å². The molecule has 2 aromatic carbocycles. The number of rotatable bonds is 4. The first-order valence-electron chi connectivity index (χ1n) is 6.15. The number of nitriles is 1. The average molecular weight is 346 g/mol. The van der Waals surface area contributed by atoms with Gasteiger partial charge in [-0.25, -0.2) is 0 Å². The molecule has 0 amide bonds. The number of nitro groups is 1. The molecular formula is C15H12BrN3O2. The lowest BCUT2D eigenvalue weighted by molar-refractivity contribution is -0.385. The Hall–Kier alpha value is -2.39. The van der Waals surface area contributed by atoms with Crippen LogP contribution in [-0.2, 0) is 6.54 Å². The van der Waals surface area contributed by atoms with Gasteiger partial charge in [0.05, 0.1) is 4.92 Å². The standard InChI is InChI=1S/C15H12BrN3O2/c1-18(10-11-2-4-13(16)5-3-11)14-6-7-15(19(20)21)12(8-14)9-17/h2-8H,10H2,1H3. The summed E-state index contributed by atoms with van der Waals surface area (Å²) < 4.78 is 1.01. The summed E-state index contributed by atoms with van der Waals surface area (Å²) in [6.45, 7) is 0.649. The van der Waals surface area contributed by atoms with Crippen LogP contribution in [0.5, 0.6) is 0 Å². The maximum Gasteiger partial charge on any atom is 0.287 e. The molecule has 0 heterocycles. The Bertz CT molecular complexity index is 708. The van der Waals surface area contributed by atoms with Gasteiger partial charge in [0.25, 0.3) is 5.69 Å². The Morgan fingerprint density at radius 2 is 1.95 bits per heavy atom. The van der Waals surface area contributed by atoms with Gasteiger partial charge in [-0.2, -0.15) is 5.26 Å². The van der Waals surface area contributed by atoms with E-state index in [1.807, 2.05) is 42.3 Å². The lowest BCUT2D eigenvalue weighted by atomic mass is 10.1. The van der Waals surface area contributed by atoms with E-state index in [2.05, 4.69) is 15.9 Å². The topological polar surface area (TPSA) is 70.2 Å². The molecule has 0 N–H and O–H groups in total. The lowest BCUT2D eigenvalue weighted by Crippen LogP contribution is -2.16. The second kappa shape index (κ2) is 6.37. The van der Waals surface area contributed by atoms with Crippen LogP contribution < -0.4 is 4.90 Å². The average Bonchev–Trinajstić information content (AvgIpc) is 2.48. The molecule has 0 aliphatic carbocycles. The third kappa shape index (κ3) is 3.58. The molecule has 0 saturated carbocycles. The van der Waals surface area contributed by atoms with Crippen LogP contribution in [0.1, 0.15) is 11.1 Å². The zero-order valence-corrected chi connectivity index (χ0v) is 12.9. The van der Waals surface area contributed by atoms with Crippen molar-refractivity contribution in [3.8, 4) is 6.07 Å². The van der Waals surface area contributed by atoms with Gasteiger partial charge in [-0.15, -0.1) is 0 Å². The summed E-state index contributed by atoms with van der Waals surface area (Å²) in [7, 11) is 1.88. The zero-order valence-electron chi connectivity index (χ0n) is 11.3. The van der Waals surface area contributed by atoms with Crippen molar-refractivity contribution >= 4 is 27.3 Å². The van der Waals surface area contributed by atoms with E-state index < -0.39 is 4.92 Å². The van der Waals surface area contributed by atoms with E-state index in [1.54, 1.807) is 6.07 Å². The summed E-state index contributed by atoms with van der Waals surface area (Å²) in [5.74, 6) is 0. The van der Waals surface area contributed by atoms with Gasteiger partial charge in [0.15, 0.2) is 0 Å². The van der Waals surface area contributed by atoms with Crippen LogP contribution in [0.25, 0.3) is 0 Å². The van der Waals surface area contributed by atoms with Crippen molar-refractivity contribution in [3.63, 3.8) is 0 Å². The Balaban J connectivity index is 2.23. The highest BCUT2D eigenvalue weighted by Crippen LogP contribution is 2.25. The molecule has 0 aromatic heterocycles. The van der Waals surface area contributed by atoms with E-state index in [0.29, 0.717) is 6.54 Å². The Labute approximate surface area is 130 Å². The molecule has 0 bridgehead atoms. The fourth-order valence-corrected chi connectivity index (χ4v) is 2.23. The highest BCUT2D eigenvalue weighted by atomic mass is 79.9. The van der Waals surface area contributed by atoms with Crippen molar-refractivity contribution in [2.45, 2.75) is 6.54 Å². The van der Waals surface area contributed by atoms with Crippen LogP contribution in [0.2, 0.25) is 0 Å². The van der Waals surface area contributed by atoms with E-state index in [4.69, 9.17) is 5.26 Å². The quantitative estimate of drug-likeness (QED) is 0.623. The van der Waals surface area contributed by atoms with Crippen LogP contribution in [-0.4, -0.2) is 12.0 Å². The van der Waals surface area contributed by atoms with Gasteiger partial charge < -0.3 is 4.90 Å². The fraction of sp³-hybridized carbons (Fsp3) is 0.133. The van der Waals surface area contributed by atoms with Crippen molar-refractivity contribution in [3.05, 3.63) is 68.2 Å². The number of anilines is 1. The SMILES string of the molecule is CN(Cc1ccc(Br)cc1)c1ccc([N+](=O)[O-])c(C#N)c1. The van der Waals surface area contributed by atoms with Crippen molar-refractivity contribution in [1.29, 1.82) is 5.26 Å². The summed E-state index contributed by atoms with van der Waals surface area (Å²) in [4.78, 5) is 12.2. The molecular weight excluding hydrogens is 334 g/mol. The second-order valence-corrected chi connectivity index (χ2v) is 5.47. The van der Waals surface area contributed by atoms with Crippen LogP contribution in [0.4, 0.5) is 11.4 Å². The van der Waals surface area contributed by atoms with Gasteiger partial charge in [-0.1, -0.05) is 28.1 Å². The van der Waals surface area contributed by atoms with Crippen molar-refractivity contribution in [2.75, 3.05) is 11.9 Å². The Morgan fingerprint density at radius 1 is 1.29 bits per heavy atom. The highest BCUT2D eigenvalue weighted by Gasteiger charge is 2.15. The van der Waals surface area contributed by atoms with Crippen molar-refractivity contribution < 1.29 is 4.92 Å². The summed E-state index contributed by atoms with van der Waals surface area (Å²) in [5.41, 5.74) is 1.77. The van der Waals surface area contributed by atoms with E-state index in [0.717, 1.165) is 15.7 Å². The maximum atomic E-state index is 10.8. The largest absolute Gasteiger partial charge is 0.370 e. The first-order valence-corrected chi connectivity index (χ1v) is 6.94. The van der Waals surface area contributed by atoms with E-state index >= 15 is 0 Å². The predicted molar refractivity (Wildman–Crippen MR) is 84.1 cm³/mol.